The number of benzene rings is 1. The maximum absolute atomic E-state index is 11.4. The highest BCUT2D eigenvalue weighted by Gasteiger charge is 2.26. The third-order valence-electron chi connectivity index (χ3n) is 3.92. The summed E-state index contributed by atoms with van der Waals surface area (Å²) in [6.45, 7) is 0.919. The minimum Gasteiger partial charge on any atom is -0.469 e. The predicted molar refractivity (Wildman–Crippen MR) is 76.8 cm³/mol. The van der Waals surface area contributed by atoms with Crippen LogP contribution < -0.4 is 11.1 Å². The molecule has 0 amide bonds. The Morgan fingerprint density at radius 1 is 1.32 bits per heavy atom. The summed E-state index contributed by atoms with van der Waals surface area (Å²) in [7, 11) is 1.47. The fraction of sp³-hybridized carbons (Fsp3) is 0.533. The van der Waals surface area contributed by atoms with Crippen LogP contribution in [0.25, 0.3) is 0 Å². The number of anilines is 2. The molecular weight excluding hydrogens is 240 g/mol. The molecule has 2 rings (SSSR count). The van der Waals surface area contributed by atoms with E-state index in [0.717, 1.165) is 43.6 Å². The van der Waals surface area contributed by atoms with Crippen LogP contribution in [0.5, 0.6) is 0 Å². The molecule has 4 heteroatoms. The van der Waals surface area contributed by atoms with Gasteiger partial charge in [0, 0.05) is 6.54 Å². The molecule has 0 saturated heterocycles. The Bertz CT molecular complexity index is 426. The first-order valence-electron chi connectivity index (χ1n) is 6.87. The maximum Gasteiger partial charge on any atom is 0.308 e. The van der Waals surface area contributed by atoms with Crippen molar-refractivity contribution in [2.75, 3.05) is 24.7 Å². The van der Waals surface area contributed by atoms with E-state index in [1.54, 1.807) is 0 Å². The van der Waals surface area contributed by atoms with Crippen LogP contribution in [0, 0.1) is 11.8 Å². The van der Waals surface area contributed by atoms with Gasteiger partial charge < -0.3 is 15.8 Å². The van der Waals surface area contributed by atoms with Crippen LogP contribution in [0.15, 0.2) is 24.3 Å². The number of carbonyl (C=O) groups is 1. The number of rotatable bonds is 4. The van der Waals surface area contributed by atoms with E-state index < -0.39 is 0 Å². The molecule has 0 radical (unpaired) electrons. The molecule has 0 aromatic heterocycles. The Labute approximate surface area is 114 Å². The van der Waals surface area contributed by atoms with Crippen LogP contribution in [0.4, 0.5) is 11.4 Å². The molecule has 1 saturated carbocycles. The molecule has 1 aromatic carbocycles. The zero-order valence-corrected chi connectivity index (χ0v) is 11.4. The summed E-state index contributed by atoms with van der Waals surface area (Å²) in [6, 6.07) is 7.81. The highest BCUT2D eigenvalue weighted by Crippen LogP contribution is 2.30. The molecule has 1 aliphatic carbocycles. The van der Waals surface area contributed by atoms with Crippen molar-refractivity contribution in [2.24, 2.45) is 11.8 Å². The monoisotopic (exact) mass is 262 g/mol. The van der Waals surface area contributed by atoms with E-state index in [1.165, 1.54) is 7.11 Å². The molecule has 0 aliphatic heterocycles. The van der Waals surface area contributed by atoms with Crippen molar-refractivity contribution >= 4 is 17.3 Å². The van der Waals surface area contributed by atoms with Gasteiger partial charge in [-0.15, -0.1) is 0 Å². The molecule has 0 heterocycles. The largest absolute Gasteiger partial charge is 0.469 e. The maximum atomic E-state index is 11.4. The van der Waals surface area contributed by atoms with E-state index in [-0.39, 0.29) is 11.9 Å². The van der Waals surface area contributed by atoms with Gasteiger partial charge in [-0.2, -0.15) is 0 Å². The van der Waals surface area contributed by atoms with Gasteiger partial charge in [-0.05, 0) is 43.7 Å². The standard InChI is InChI=1S/C15H22N2O2/c1-19-15(18)12-8-6-11(7-9-12)10-17-14-5-3-2-4-13(14)16/h2-5,11-12,17H,6-10,16H2,1H3. The van der Waals surface area contributed by atoms with Gasteiger partial charge in [-0.25, -0.2) is 0 Å². The van der Waals surface area contributed by atoms with Crippen LogP contribution in [0.2, 0.25) is 0 Å². The number of hydrogen-bond donors (Lipinski definition) is 2. The first-order chi connectivity index (χ1) is 9.20. The van der Waals surface area contributed by atoms with Crippen molar-refractivity contribution < 1.29 is 9.53 Å². The van der Waals surface area contributed by atoms with Crippen LogP contribution in [-0.4, -0.2) is 19.6 Å². The molecule has 3 N–H and O–H groups in total. The lowest BCUT2D eigenvalue weighted by atomic mass is 9.82. The van der Waals surface area contributed by atoms with E-state index in [0.29, 0.717) is 5.92 Å². The minimum atomic E-state index is -0.0567. The lowest BCUT2D eigenvalue weighted by molar-refractivity contribution is -0.146. The quantitative estimate of drug-likeness (QED) is 0.647. The van der Waals surface area contributed by atoms with Crippen molar-refractivity contribution in [2.45, 2.75) is 25.7 Å². The van der Waals surface area contributed by atoms with Crippen molar-refractivity contribution in [1.82, 2.24) is 0 Å². The highest BCUT2D eigenvalue weighted by molar-refractivity contribution is 5.72. The Balaban J connectivity index is 1.77. The molecule has 1 aromatic rings. The van der Waals surface area contributed by atoms with Gasteiger partial charge in [0.05, 0.1) is 24.4 Å². The molecule has 19 heavy (non-hydrogen) atoms. The molecule has 1 aliphatic rings. The van der Waals surface area contributed by atoms with Crippen LogP contribution in [-0.2, 0) is 9.53 Å². The third-order valence-corrected chi connectivity index (χ3v) is 3.92. The van der Waals surface area contributed by atoms with Crippen molar-refractivity contribution in [1.29, 1.82) is 0 Å². The fourth-order valence-electron chi connectivity index (χ4n) is 2.68. The molecular formula is C15H22N2O2. The number of hydrogen-bond acceptors (Lipinski definition) is 4. The zero-order chi connectivity index (χ0) is 13.7. The summed E-state index contributed by atoms with van der Waals surface area (Å²) in [4.78, 5) is 11.4. The van der Waals surface area contributed by atoms with Crippen LogP contribution in [0.1, 0.15) is 25.7 Å². The number of ether oxygens (including phenoxy) is 1. The molecule has 0 bridgehead atoms. The summed E-state index contributed by atoms with van der Waals surface area (Å²) in [6.07, 6.45) is 4.01. The van der Waals surface area contributed by atoms with Crippen molar-refractivity contribution in [3.63, 3.8) is 0 Å². The molecule has 104 valence electrons. The Kier molecular flexibility index (Phi) is 4.66. The van der Waals surface area contributed by atoms with E-state index in [4.69, 9.17) is 10.5 Å². The second-order valence-corrected chi connectivity index (χ2v) is 5.21. The van der Waals surface area contributed by atoms with Crippen molar-refractivity contribution in [3.8, 4) is 0 Å². The number of nitrogens with two attached hydrogens (primary N) is 1. The smallest absolute Gasteiger partial charge is 0.308 e. The SMILES string of the molecule is COC(=O)C1CCC(CNc2ccccc2N)CC1. The van der Waals surface area contributed by atoms with E-state index in [2.05, 4.69) is 5.32 Å². The van der Waals surface area contributed by atoms with Gasteiger partial charge in [0.1, 0.15) is 0 Å². The first-order valence-corrected chi connectivity index (χ1v) is 6.87. The fourth-order valence-corrected chi connectivity index (χ4v) is 2.68. The molecule has 0 atom stereocenters. The van der Waals surface area contributed by atoms with Gasteiger partial charge in [0.2, 0.25) is 0 Å². The lowest BCUT2D eigenvalue weighted by Crippen LogP contribution is -2.26. The summed E-state index contributed by atoms with van der Waals surface area (Å²) >= 11 is 0. The molecule has 1 fully saturated rings. The summed E-state index contributed by atoms with van der Waals surface area (Å²) in [5.41, 5.74) is 7.67. The molecule has 4 nitrogen and oxygen atoms in total. The zero-order valence-electron chi connectivity index (χ0n) is 11.4. The molecule has 0 spiro atoms. The average Bonchev–Trinajstić information content (AvgIpc) is 2.46. The Morgan fingerprint density at radius 3 is 2.63 bits per heavy atom. The predicted octanol–water partition coefficient (Wildman–Crippen LogP) is 2.66. The van der Waals surface area contributed by atoms with Gasteiger partial charge in [0.15, 0.2) is 0 Å². The summed E-state index contributed by atoms with van der Waals surface area (Å²) in [5.74, 6) is 0.655. The number of nitrogens with one attached hydrogen (secondary N) is 1. The first kappa shape index (κ1) is 13.7. The van der Waals surface area contributed by atoms with Gasteiger partial charge in [-0.3, -0.25) is 4.79 Å². The summed E-state index contributed by atoms with van der Waals surface area (Å²) in [5, 5.41) is 3.40. The number of para-hydroxylation sites is 2. The normalized spacial score (nSPS) is 22.8. The van der Waals surface area contributed by atoms with Crippen LogP contribution >= 0.6 is 0 Å². The van der Waals surface area contributed by atoms with E-state index in [1.807, 2.05) is 24.3 Å². The van der Waals surface area contributed by atoms with Gasteiger partial charge in [-0.1, -0.05) is 12.1 Å². The highest BCUT2D eigenvalue weighted by atomic mass is 16.5. The van der Waals surface area contributed by atoms with Crippen molar-refractivity contribution in [3.05, 3.63) is 24.3 Å². The van der Waals surface area contributed by atoms with Gasteiger partial charge in [0.25, 0.3) is 0 Å². The minimum absolute atomic E-state index is 0.0567. The van der Waals surface area contributed by atoms with E-state index in [9.17, 15) is 4.79 Å². The topological polar surface area (TPSA) is 64.3 Å². The molecule has 0 unspecified atom stereocenters. The third kappa shape index (κ3) is 3.63. The second-order valence-electron chi connectivity index (χ2n) is 5.21. The number of esters is 1. The Morgan fingerprint density at radius 2 is 2.00 bits per heavy atom. The Hall–Kier alpha value is -1.71. The number of nitrogen functional groups attached to an aromatic ring is 1. The average molecular weight is 262 g/mol. The lowest BCUT2D eigenvalue weighted by Gasteiger charge is -2.27. The van der Waals surface area contributed by atoms with Gasteiger partial charge >= 0.3 is 5.97 Å². The van der Waals surface area contributed by atoms with Crippen LogP contribution in [0.3, 0.4) is 0 Å². The second kappa shape index (κ2) is 6.45. The number of carbonyl (C=O) groups excluding carboxylic acids is 1. The van der Waals surface area contributed by atoms with E-state index >= 15 is 0 Å². The number of methoxy groups -OCH3 is 1. The summed E-state index contributed by atoms with van der Waals surface area (Å²) < 4.78 is 4.80.